The predicted molar refractivity (Wildman–Crippen MR) is 110 cm³/mol. The molecule has 0 amide bonds. The van der Waals surface area contributed by atoms with Crippen LogP contribution in [0.1, 0.15) is 12.5 Å². The van der Waals surface area contributed by atoms with E-state index in [2.05, 4.69) is 13.0 Å². The van der Waals surface area contributed by atoms with Gasteiger partial charge in [0.15, 0.2) is 0 Å². The van der Waals surface area contributed by atoms with Gasteiger partial charge in [-0.2, -0.15) is 0 Å². The summed E-state index contributed by atoms with van der Waals surface area (Å²) in [5.74, 6) is 0.220. The Hall–Kier alpha value is -2.56. The van der Waals surface area contributed by atoms with Crippen molar-refractivity contribution in [2.24, 2.45) is 0 Å². The first kappa shape index (κ1) is 19.8. The van der Waals surface area contributed by atoms with Gasteiger partial charge >= 0.3 is 0 Å². The van der Waals surface area contributed by atoms with E-state index in [-0.39, 0.29) is 22.2 Å². The number of anilines is 2. The minimum Gasteiger partial charge on any atom is -0.508 e. The van der Waals surface area contributed by atoms with E-state index in [1.54, 1.807) is 12.1 Å². The molecule has 0 atom stereocenters. The Morgan fingerprint density at radius 3 is 2.12 bits per heavy atom. The highest BCUT2D eigenvalue weighted by molar-refractivity contribution is 6.39. The Bertz CT molecular complexity index is 870. The second-order valence-corrected chi connectivity index (χ2v) is 6.40. The Morgan fingerprint density at radius 1 is 0.885 bits per heavy atom. The summed E-state index contributed by atoms with van der Waals surface area (Å²) in [6.07, 6.45) is 0.991. The van der Waals surface area contributed by atoms with Gasteiger partial charge in [0.25, 0.3) is 0 Å². The van der Waals surface area contributed by atoms with Crippen molar-refractivity contribution in [3.63, 3.8) is 0 Å². The molecule has 0 fully saturated rings. The first-order chi connectivity index (χ1) is 12.3. The van der Waals surface area contributed by atoms with E-state index in [4.69, 9.17) is 39.8 Å². The monoisotopic (exact) mass is 390 g/mol. The smallest absolute Gasteiger partial charge is 0.136 e. The molecule has 0 heterocycles. The molecule has 0 radical (unpaired) electrons. The predicted octanol–water partition coefficient (Wildman–Crippen LogP) is 5.49. The van der Waals surface area contributed by atoms with Crippen LogP contribution in [0.2, 0.25) is 10.0 Å². The minimum atomic E-state index is -0.0523. The number of hydrogen-bond acceptors (Lipinski definition) is 4. The van der Waals surface area contributed by atoms with Gasteiger partial charge in [0.2, 0.25) is 0 Å². The van der Waals surface area contributed by atoms with Crippen molar-refractivity contribution in [2.75, 3.05) is 11.5 Å². The van der Waals surface area contributed by atoms with Crippen LogP contribution in [-0.2, 0) is 6.42 Å². The third-order valence-corrected chi connectivity index (χ3v) is 4.54. The summed E-state index contributed by atoms with van der Waals surface area (Å²) in [6, 6.07) is 16.0. The van der Waals surface area contributed by atoms with E-state index in [0.717, 1.165) is 23.2 Å². The van der Waals surface area contributed by atoms with Gasteiger partial charge in [0, 0.05) is 11.3 Å². The lowest BCUT2D eigenvalue weighted by Gasteiger charge is -2.08. The van der Waals surface area contributed by atoms with Crippen molar-refractivity contribution in [3.05, 3.63) is 70.2 Å². The summed E-state index contributed by atoms with van der Waals surface area (Å²) >= 11 is 11.1. The lowest BCUT2D eigenvalue weighted by molar-refractivity contribution is 0.475. The fraction of sp³-hybridized carbons (Fsp3) is 0.100. The van der Waals surface area contributed by atoms with Crippen molar-refractivity contribution >= 4 is 34.6 Å². The highest BCUT2D eigenvalue weighted by Crippen LogP contribution is 2.34. The first-order valence-corrected chi connectivity index (χ1v) is 8.69. The fourth-order valence-corrected chi connectivity index (χ4v) is 2.64. The number of phenolic OH excluding ortho intramolecular Hbond substituents is 2. The van der Waals surface area contributed by atoms with Crippen LogP contribution < -0.4 is 11.5 Å². The summed E-state index contributed by atoms with van der Waals surface area (Å²) < 4.78 is 0. The van der Waals surface area contributed by atoms with Crippen molar-refractivity contribution in [1.82, 2.24) is 0 Å². The molecule has 136 valence electrons. The number of rotatable bonds is 2. The van der Waals surface area contributed by atoms with Crippen LogP contribution in [0.15, 0.2) is 54.6 Å². The standard InChI is InChI=1S/C14H15NO.C6H5Cl2NO/c1-2-10-3-8-14(15)13(9-10)11-4-6-12(16)7-5-11;7-3-1-2-4(10)5(8)6(3)9/h3-9,16H,2,15H2,1H3;1-2,10H,9H2. The number of benzene rings is 3. The van der Waals surface area contributed by atoms with E-state index in [0.29, 0.717) is 5.02 Å². The second kappa shape index (κ2) is 8.70. The normalized spacial score (nSPS) is 10.1. The average Bonchev–Trinajstić information content (AvgIpc) is 2.65. The van der Waals surface area contributed by atoms with Crippen molar-refractivity contribution in [2.45, 2.75) is 13.3 Å². The van der Waals surface area contributed by atoms with Crippen LogP contribution in [0.4, 0.5) is 11.4 Å². The summed E-state index contributed by atoms with van der Waals surface area (Å²) in [5.41, 5.74) is 15.6. The Morgan fingerprint density at radius 2 is 1.54 bits per heavy atom. The van der Waals surface area contributed by atoms with Gasteiger partial charge < -0.3 is 21.7 Å². The highest BCUT2D eigenvalue weighted by atomic mass is 35.5. The third kappa shape index (κ3) is 4.75. The summed E-state index contributed by atoms with van der Waals surface area (Å²) in [4.78, 5) is 0. The minimum absolute atomic E-state index is 0.0523. The number of nitrogens with two attached hydrogens (primary N) is 2. The van der Waals surface area contributed by atoms with Gasteiger partial charge in [-0.25, -0.2) is 0 Å². The van der Waals surface area contributed by atoms with Crippen molar-refractivity contribution in [1.29, 1.82) is 0 Å². The van der Waals surface area contributed by atoms with Gasteiger partial charge in [-0.3, -0.25) is 0 Å². The van der Waals surface area contributed by atoms with E-state index in [1.165, 1.54) is 17.7 Å². The molecule has 0 bridgehead atoms. The molecule has 3 rings (SSSR count). The molecule has 0 saturated carbocycles. The van der Waals surface area contributed by atoms with Gasteiger partial charge in [0.05, 0.1) is 10.7 Å². The van der Waals surface area contributed by atoms with Crippen LogP contribution >= 0.6 is 23.2 Å². The molecular weight excluding hydrogens is 371 g/mol. The number of hydrogen-bond donors (Lipinski definition) is 4. The largest absolute Gasteiger partial charge is 0.508 e. The van der Waals surface area contributed by atoms with E-state index in [1.807, 2.05) is 24.3 Å². The van der Waals surface area contributed by atoms with Crippen LogP contribution in [-0.4, -0.2) is 10.2 Å². The van der Waals surface area contributed by atoms with E-state index in [9.17, 15) is 5.11 Å². The van der Waals surface area contributed by atoms with Crippen molar-refractivity contribution < 1.29 is 10.2 Å². The number of phenols is 2. The SMILES string of the molecule is CCc1ccc(N)c(-c2ccc(O)cc2)c1.Nc1c(Cl)ccc(O)c1Cl. The zero-order valence-corrected chi connectivity index (χ0v) is 15.7. The average molecular weight is 391 g/mol. The van der Waals surface area contributed by atoms with Gasteiger partial charge in [-0.05, 0) is 53.9 Å². The zero-order chi connectivity index (χ0) is 19.3. The lowest BCUT2D eigenvalue weighted by atomic mass is 10.00. The van der Waals surface area contributed by atoms with Crippen molar-refractivity contribution in [3.8, 4) is 22.6 Å². The molecule has 0 spiro atoms. The Kier molecular flexibility index (Phi) is 6.61. The molecule has 0 aliphatic heterocycles. The van der Waals surface area contributed by atoms with E-state index < -0.39 is 0 Å². The molecular formula is C20H20Cl2N2O2. The molecule has 0 aromatic heterocycles. The molecule has 6 heteroatoms. The molecule has 4 nitrogen and oxygen atoms in total. The molecule has 3 aromatic carbocycles. The maximum absolute atomic E-state index is 9.24. The van der Waals surface area contributed by atoms with Crippen LogP contribution in [0.25, 0.3) is 11.1 Å². The molecule has 0 aliphatic rings. The Balaban J connectivity index is 0.000000209. The fourth-order valence-electron chi connectivity index (χ4n) is 2.27. The van der Waals surface area contributed by atoms with Gasteiger partial charge in [0.1, 0.15) is 16.5 Å². The quantitative estimate of drug-likeness (QED) is 0.435. The molecule has 3 aromatic rings. The Labute approximate surface area is 162 Å². The van der Waals surface area contributed by atoms with Crippen LogP contribution in [0, 0.1) is 0 Å². The van der Waals surface area contributed by atoms with Crippen LogP contribution in [0.3, 0.4) is 0 Å². The van der Waals surface area contributed by atoms with Gasteiger partial charge in [-0.15, -0.1) is 0 Å². The second-order valence-electron chi connectivity index (χ2n) is 5.62. The summed E-state index contributed by atoms with van der Waals surface area (Å²) in [7, 11) is 0. The number of halogens is 2. The molecule has 0 unspecified atom stereocenters. The molecule has 26 heavy (non-hydrogen) atoms. The maximum Gasteiger partial charge on any atom is 0.136 e. The van der Waals surface area contributed by atoms with Gasteiger partial charge in [-0.1, -0.05) is 48.3 Å². The molecule has 6 N–H and O–H groups in total. The van der Waals surface area contributed by atoms with Crippen LogP contribution in [0.5, 0.6) is 11.5 Å². The molecule has 0 aliphatic carbocycles. The van der Waals surface area contributed by atoms with E-state index >= 15 is 0 Å². The third-order valence-electron chi connectivity index (χ3n) is 3.81. The maximum atomic E-state index is 9.24. The summed E-state index contributed by atoms with van der Waals surface area (Å²) in [6.45, 7) is 2.12. The number of aromatic hydroxyl groups is 2. The number of aryl methyl sites for hydroxylation is 1. The summed E-state index contributed by atoms with van der Waals surface area (Å²) in [5, 5.41) is 18.7. The topological polar surface area (TPSA) is 92.5 Å². The first-order valence-electron chi connectivity index (χ1n) is 7.93. The zero-order valence-electron chi connectivity index (χ0n) is 14.2. The number of nitrogen functional groups attached to an aromatic ring is 2. The highest BCUT2D eigenvalue weighted by Gasteiger charge is 2.05. The lowest BCUT2D eigenvalue weighted by Crippen LogP contribution is -1.91. The molecule has 0 saturated heterocycles.